The van der Waals surface area contributed by atoms with Crippen molar-refractivity contribution in [2.45, 2.75) is 6.92 Å². The Morgan fingerprint density at radius 1 is 1.23 bits per heavy atom. The second-order valence-electron chi connectivity index (χ2n) is 4.75. The molecule has 22 heavy (non-hydrogen) atoms. The zero-order valence-corrected chi connectivity index (χ0v) is 12.2. The molecule has 0 aliphatic carbocycles. The van der Waals surface area contributed by atoms with Crippen LogP contribution in [-0.4, -0.2) is 5.91 Å². The van der Waals surface area contributed by atoms with Crippen molar-refractivity contribution in [2.24, 2.45) is 0 Å². The normalized spacial score (nSPS) is 10.9. The highest BCUT2D eigenvalue weighted by atomic mass is 35.5. The van der Waals surface area contributed by atoms with E-state index in [9.17, 15) is 13.6 Å². The number of benzene rings is 2. The summed E-state index contributed by atoms with van der Waals surface area (Å²) in [5.74, 6) is -2.05. The number of carbonyl (C=O) groups excluding carboxylic acids is 1. The molecule has 3 nitrogen and oxygen atoms in total. The van der Waals surface area contributed by atoms with Gasteiger partial charge in [-0.3, -0.25) is 4.79 Å². The van der Waals surface area contributed by atoms with E-state index in [1.807, 2.05) is 0 Å². The van der Waals surface area contributed by atoms with E-state index >= 15 is 0 Å². The maximum Gasteiger partial charge on any atom is 0.291 e. The molecular weight excluding hydrogens is 312 g/mol. The summed E-state index contributed by atoms with van der Waals surface area (Å²) in [6.45, 7) is 1.69. The van der Waals surface area contributed by atoms with Crippen molar-refractivity contribution in [1.29, 1.82) is 0 Å². The number of furan rings is 1. The van der Waals surface area contributed by atoms with Crippen molar-refractivity contribution in [2.75, 3.05) is 5.32 Å². The molecule has 1 aromatic heterocycles. The van der Waals surface area contributed by atoms with E-state index in [0.29, 0.717) is 21.6 Å². The summed E-state index contributed by atoms with van der Waals surface area (Å²) < 4.78 is 32.2. The minimum absolute atomic E-state index is 0.00626. The molecule has 0 fully saturated rings. The Kier molecular flexibility index (Phi) is 3.58. The van der Waals surface area contributed by atoms with Gasteiger partial charge in [-0.25, -0.2) is 8.78 Å². The first-order valence-corrected chi connectivity index (χ1v) is 6.79. The Morgan fingerprint density at radius 2 is 2.00 bits per heavy atom. The average Bonchev–Trinajstić information content (AvgIpc) is 2.82. The first-order valence-electron chi connectivity index (χ1n) is 6.41. The fourth-order valence-electron chi connectivity index (χ4n) is 2.20. The molecule has 1 amide bonds. The summed E-state index contributed by atoms with van der Waals surface area (Å²) in [6, 6.07) is 7.95. The predicted octanol–water partition coefficient (Wildman–Crippen LogP) is 4.93. The molecule has 0 aliphatic heterocycles. The van der Waals surface area contributed by atoms with E-state index < -0.39 is 17.5 Å². The maximum absolute atomic E-state index is 13.6. The Hall–Kier alpha value is -2.40. The first kappa shape index (κ1) is 14.5. The van der Waals surface area contributed by atoms with Crippen molar-refractivity contribution in [3.8, 4) is 0 Å². The van der Waals surface area contributed by atoms with Crippen LogP contribution in [0.25, 0.3) is 11.0 Å². The largest absolute Gasteiger partial charge is 0.449 e. The lowest BCUT2D eigenvalue weighted by Gasteiger charge is -2.05. The van der Waals surface area contributed by atoms with Gasteiger partial charge in [0.25, 0.3) is 5.91 Å². The van der Waals surface area contributed by atoms with Gasteiger partial charge in [0, 0.05) is 17.0 Å². The van der Waals surface area contributed by atoms with Crippen LogP contribution in [0.1, 0.15) is 16.1 Å². The number of nitrogens with one attached hydrogen (secondary N) is 1. The molecule has 2 aromatic carbocycles. The highest BCUT2D eigenvalue weighted by Crippen LogP contribution is 2.31. The van der Waals surface area contributed by atoms with Gasteiger partial charge in [0.1, 0.15) is 11.6 Å². The molecule has 112 valence electrons. The minimum atomic E-state index is -0.735. The van der Waals surface area contributed by atoms with Gasteiger partial charge < -0.3 is 9.73 Å². The van der Waals surface area contributed by atoms with E-state index in [4.69, 9.17) is 16.0 Å². The average molecular weight is 322 g/mol. The van der Waals surface area contributed by atoms with Crippen molar-refractivity contribution >= 4 is 34.2 Å². The van der Waals surface area contributed by atoms with Gasteiger partial charge in [0.05, 0.1) is 10.7 Å². The van der Waals surface area contributed by atoms with Crippen LogP contribution in [0.3, 0.4) is 0 Å². The quantitative estimate of drug-likeness (QED) is 0.727. The van der Waals surface area contributed by atoms with Gasteiger partial charge in [-0.1, -0.05) is 23.7 Å². The lowest BCUT2D eigenvalue weighted by molar-refractivity contribution is 0.0997. The Labute approximate surface area is 129 Å². The summed E-state index contributed by atoms with van der Waals surface area (Å²) in [5.41, 5.74) is 0.703. The molecule has 0 atom stereocenters. The molecule has 0 saturated heterocycles. The Balaban J connectivity index is 2.01. The topological polar surface area (TPSA) is 42.2 Å². The molecule has 0 unspecified atom stereocenters. The summed E-state index contributed by atoms with van der Waals surface area (Å²) in [5, 5.41) is 3.36. The number of halogens is 3. The van der Waals surface area contributed by atoms with Crippen LogP contribution in [0.5, 0.6) is 0 Å². The summed E-state index contributed by atoms with van der Waals surface area (Å²) in [6.07, 6.45) is 0. The zero-order chi connectivity index (χ0) is 15.9. The van der Waals surface area contributed by atoms with Crippen LogP contribution in [0.2, 0.25) is 5.02 Å². The predicted molar refractivity (Wildman–Crippen MR) is 80.3 cm³/mol. The summed E-state index contributed by atoms with van der Waals surface area (Å²) in [4.78, 5) is 12.2. The van der Waals surface area contributed by atoms with Crippen LogP contribution in [-0.2, 0) is 0 Å². The Bertz CT molecular complexity index is 889. The number of rotatable bonds is 2. The van der Waals surface area contributed by atoms with Gasteiger partial charge in [-0.05, 0) is 25.1 Å². The van der Waals surface area contributed by atoms with E-state index in [2.05, 4.69) is 5.32 Å². The maximum atomic E-state index is 13.6. The Morgan fingerprint density at radius 3 is 2.73 bits per heavy atom. The molecule has 1 heterocycles. The molecule has 0 bridgehead atoms. The molecule has 1 N–H and O–H groups in total. The number of hydrogen-bond acceptors (Lipinski definition) is 2. The molecule has 3 aromatic rings. The monoisotopic (exact) mass is 321 g/mol. The smallest absolute Gasteiger partial charge is 0.291 e. The number of anilines is 1. The summed E-state index contributed by atoms with van der Waals surface area (Å²) in [7, 11) is 0. The van der Waals surface area contributed by atoms with Crippen molar-refractivity contribution in [3.05, 3.63) is 64.4 Å². The van der Waals surface area contributed by atoms with E-state index in [-0.39, 0.29) is 11.4 Å². The highest BCUT2D eigenvalue weighted by Gasteiger charge is 2.20. The third kappa shape index (κ3) is 2.44. The molecule has 3 rings (SSSR count). The van der Waals surface area contributed by atoms with Crippen LogP contribution in [0, 0.1) is 18.6 Å². The molecule has 6 heteroatoms. The van der Waals surface area contributed by atoms with Gasteiger partial charge in [0.15, 0.2) is 11.3 Å². The van der Waals surface area contributed by atoms with Gasteiger partial charge in [-0.15, -0.1) is 0 Å². The fourth-order valence-corrected chi connectivity index (χ4v) is 2.41. The molecule has 0 saturated carbocycles. The number of para-hydroxylation sites is 1. The van der Waals surface area contributed by atoms with Crippen LogP contribution in [0.15, 0.2) is 40.8 Å². The SMILES string of the molecule is Cc1c(C(=O)Nc2cc(F)ccc2F)oc2c(Cl)cccc12. The number of amides is 1. The number of aryl methyl sites for hydroxylation is 1. The lowest BCUT2D eigenvalue weighted by atomic mass is 10.1. The van der Waals surface area contributed by atoms with E-state index in [0.717, 1.165) is 18.2 Å². The van der Waals surface area contributed by atoms with Crippen LogP contribution >= 0.6 is 11.6 Å². The molecule has 0 radical (unpaired) electrons. The molecule has 0 aliphatic rings. The third-order valence-corrected chi connectivity index (χ3v) is 3.60. The lowest BCUT2D eigenvalue weighted by Crippen LogP contribution is -2.13. The van der Waals surface area contributed by atoms with Crippen molar-refractivity contribution in [3.63, 3.8) is 0 Å². The standard InChI is InChI=1S/C16H10ClF2NO2/c1-8-10-3-2-4-11(17)15(10)22-14(8)16(21)20-13-7-9(18)5-6-12(13)19/h2-7H,1H3,(H,20,21). The fraction of sp³-hybridized carbons (Fsp3) is 0.0625. The number of fused-ring (bicyclic) bond motifs is 1. The summed E-state index contributed by atoms with van der Waals surface area (Å²) >= 11 is 6.02. The van der Waals surface area contributed by atoms with E-state index in [1.54, 1.807) is 25.1 Å². The van der Waals surface area contributed by atoms with Gasteiger partial charge in [-0.2, -0.15) is 0 Å². The van der Waals surface area contributed by atoms with Crippen LogP contribution in [0.4, 0.5) is 14.5 Å². The second kappa shape index (κ2) is 5.42. The molecular formula is C16H10ClF2NO2. The number of hydrogen-bond donors (Lipinski definition) is 1. The zero-order valence-electron chi connectivity index (χ0n) is 11.4. The first-order chi connectivity index (χ1) is 10.5. The van der Waals surface area contributed by atoms with Gasteiger partial charge in [0.2, 0.25) is 0 Å². The second-order valence-corrected chi connectivity index (χ2v) is 5.16. The van der Waals surface area contributed by atoms with Gasteiger partial charge >= 0.3 is 0 Å². The third-order valence-electron chi connectivity index (χ3n) is 3.30. The number of carbonyl (C=O) groups is 1. The van der Waals surface area contributed by atoms with E-state index in [1.165, 1.54) is 0 Å². The van der Waals surface area contributed by atoms with Crippen LogP contribution < -0.4 is 5.32 Å². The van der Waals surface area contributed by atoms with Crippen molar-refractivity contribution < 1.29 is 18.0 Å². The molecule has 0 spiro atoms. The minimum Gasteiger partial charge on any atom is -0.449 e. The highest BCUT2D eigenvalue weighted by molar-refractivity contribution is 6.35. The van der Waals surface area contributed by atoms with Crippen molar-refractivity contribution in [1.82, 2.24) is 0 Å².